The van der Waals surface area contributed by atoms with Gasteiger partial charge in [0.15, 0.2) is 0 Å². The largest absolute Gasteiger partial charge is 0.494 e. The summed E-state index contributed by atoms with van der Waals surface area (Å²) in [6, 6.07) is 10.2. The van der Waals surface area contributed by atoms with Crippen LogP contribution in [-0.2, 0) is 11.3 Å². The van der Waals surface area contributed by atoms with E-state index in [2.05, 4.69) is 28.4 Å². The zero-order valence-corrected chi connectivity index (χ0v) is 14.7. The molecule has 25 heavy (non-hydrogen) atoms. The van der Waals surface area contributed by atoms with Gasteiger partial charge < -0.3 is 10.1 Å². The van der Waals surface area contributed by atoms with E-state index in [0.29, 0.717) is 11.8 Å². The number of ether oxygens (including phenoxy) is 1. The minimum atomic E-state index is 0.252. The number of benzene rings is 1. The SMILES string of the molecule is COc1cccc2ccc(CN3CC[C@H](CNC(=O)C4CC4)C3)nc12. The van der Waals surface area contributed by atoms with Crippen molar-refractivity contribution in [3.05, 3.63) is 36.0 Å². The van der Waals surface area contributed by atoms with Gasteiger partial charge in [-0.2, -0.15) is 0 Å². The average Bonchev–Trinajstić information content (AvgIpc) is 3.40. The lowest BCUT2D eigenvalue weighted by molar-refractivity contribution is -0.122. The number of nitrogens with zero attached hydrogens (tertiary/aromatic N) is 2. The number of amides is 1. The van der Waals surface area contributed by atoms with Crippen LogP contribution in [0, 0.1) is 11.8 Å². The Hall–Kier alpha value is -2.14. The summed E-state index contributed by atoms with van der Waals surface area (Å²) in [6.45, 7) is 3.75. The number of carbonyl (C=O) groups excluding carboxylic acids is 1. The fourth-order valence-corrected chi connectivity index (χ4v) is 3.60. The number of nitrogens with one attached hydrogen (secondary N) is 1. The topological polar surface area (TPSA) is 54.5 Å². The summed E-state index contributed by atoms with van der Waals surface area (Å²) >= 11 is 0. The van der Waals surface area contributed by atoms with Crippen molar-refractivity contribution in [2.24, 2.45) is 11.8 Å². The quantitative estimate of drug-likeness (QED) is 0.879. The van der Waals surface area contributed by atoms with Crippen molar-refractivity contribution in [2.45, 2.75) is 25.8 Å². The van der Waals surface area contributed by atoms with Crippen LogP contribution in [0.25, 0.3) is 10.9 Å². The smallest absolute Gasteiger partial charge is 0.223 e. The van der Waals surface area contributed by atoms with Crippen LogP contribution in [0.1, 0.15) is 25.0 Å². The molecule has 0 spiro atoms. The highest BCUT2D eigenvalue weighted by Crippen LogP contribution is 2.29. The number of aromatic nitrogens is 1. The van der Waals surface area contributed by atoms with Crippen LogP contribution in [0.4, 0.5) is 0 Å². The van der Waals surface area contributed by atoms with Crippen molar-refractivity contribution in [3.63, 3.8) is 0 Å². The lowest BCUT2D eigenvalue weighted by atomic mass is 10.1. The van der Waals surface area contributed by atoms with Crippen LogP contribution in [0.3, 0.4) is 0 Å². The molecule has 1 aromatic carbocycles. The van der Waals surface area contributed by atoms with Gasteiger partial charge in [0.1, 0.15) is 11.3 Å². The van der Waals surface area contributed by atoms with Crippen LogP contribution in [0.15, 0.2) is 30.3 Å². The molecule has 1 saturated heterocycles. The number of likely N-dealkylation sites (tertiary alicyclic amines) is 1. The molecule has 1 amide bonds. The van der Waals surface area contributed by atoms with Crippen molar-refractivity contribution in [1.82, 2.24) is 15.2 Å². The molecule has 0 radical (unpaired) electrons. The average molecular weight is 339 g/mol. The Balaban J connectivity index is 1.36. The Morgan fingerprint density at radius 3 is 2.96 bits per heavy atom. The Bertz CT molecular complexity index is 773. The third-order valence-electron chi connectivity index (χ3n) is 5.23. The standard InChI is InChI=1S/C20H25N3O2/c1-25-18-4-2-3-15-7-8-17(22-19(15)18)13-23-10-9-14(12-23)11-21-20(24)16-5-6-16/h2-4,7-8,14,16H,5-6,9-13H2,1H3,(H,21,24)/t14-/m1/s1. The molecule has 1 aliphatic carbocycles. The third kappa shape index (κ3) is 3.76. The molecule has 0 bridgehead atoms. The fourth-order valence-electron chi connectivity index (χ4n) is 3.60. The molecule has 2 aliphatic rings. The van der Waals surface area contributed by atoms with E-state index in [9.17, 15) is 4.79 Å². The molecule has 2 aromatic rings. The Kier molecular flexibility index (Phi) is 4.57. The Morgan fingerprint density at radius 2 is 2.16 bits per heavy atom. The van der Waals surface area contributed by atoms with Crippen LogP contribution < -0.4 is 10.1 Å². The summed E-state index contributed by atoms with van der Waals surface area (Å²) in [5.41, 5.74) is 2.00. The molecule has 1 N–H and O–H groups in total. The zero-order chi connectivity index (χ0) is 17.2. The van der Waals surface area contributed by atoms with Gasteiger partial charge in [0.2, 0.25) is 5.91 Å². The maximum atomic E-state index is 11.8. The van der Waals surface area contributed by atoms with E-state index in [0.717, 1.165) is 67.8 Å². The van der Waals surface area contributed by atoms with E-state index < -0.39 is 0 Å². The van der Waals surface area contributed by atoms with Gasteiger partial charge in [0, 0.05) is 30.9 Å². The number of rotatable bonds is 6. The predicted molar refractivity (Wildman–Crippen MR) is 97.4 cm³/mol. The normalized spacial score (nSPS) is 20.8. The molecule has 1 aromatic heterocycles. The molecule has 4 rings (SSSR count). The molecule has 2 heterocycles. The first kappa shape index (κ1) is 16.3. The number of hydrogen-bond acceptors (Lipinski definition) is 4. The van der Waals surface area contributed by atoms with E-state index >= 15 is 0 Å². The van der Waals surface area contributed by atoms with E-state index in [1.165, 1.54) is 0 Å². The van der Waals surface area contributed by atoms with Gasteiger partial charge in [-0.05, 0) is 43.9 Å². The van der Waals surface area contributed by atoms with E-state index in [-0.39, 0.29) is 5.91 Å². The first-order chi connectivity index (χ1) is 12.2. The Labute approximate surface area is 148 Å². The predicted octanol–water partition coefficient (Wildman–Crippen LogP) is 2.59. The summed E-state index contributed by atoms with van der Waals surface area (Å²) in [6.07, 6.45) is 3.28. The van der Waals surface area contributed by atoms with Crippen LogP contribution in [0.2, 0.25) is 0 Å². The molecule has 2 fully saturated rings. The van der Waals surface area contributed by atoms with Gasteiger partial charge in [-0.3, -0.25) is 9.69 Å². The van der Waals surface area contributed by atoms with Gasteiger partial charge in [-0.25, -0.2) is 4.98 Å². The lowest BCUT2D eigenvalue weighted by Crippen LogP contribution is -2.31. The van der Waals surface area contributed by atoms with E-state index in [4.69, 9.17) is 9.72 Å². The van der Waals surface area contributed by atoms with Crippen molar-refractivity contribution in [2.75, 3.05) is 26.7 Å². The summed E-state index contributed by atoms with van der Waals surface area (Å²) in [5, 5.41) is 4.21. The van der Waals surface area contributed by atoms with Gasteiger partial charge in [-0.1, -0.05) is 18.2 Å². The minimum Gasteiger partial charge on any atom is -0.494 e. The van der Waals surface area contributed by atoms with Gasteiger partial charge in [-0.15, -0.1) is 0 Å². The number of carbonyl (C=O) groups is 1. The summed E-state index contributed by atoms with van der Waals surface area (Å²) < 4.78 is 5.43. The lowest BCUT2D eigenvalue weighted by Gasteiger charge is -2.16. The third-order valence-corrected chi connectivity index (χ3v) is 5.23. The minimum absolute atomic E-state index is 0.252. The Morgan fingerprint density at radius 1 is 1.28 bits per heavy atom. The van der Waals surface area contributed by atoms with Crippen LogP contribution in [0.5, 0.6) is 5.75 Å². The van der Waals surface area contributed by atoms with Gasteiger partial charge in [0.05, 0.1) is 12.8 Å². The highest BCUT2D eigenvalue weighted by molar-refractivity contribution is 5.84. The number of hydrogen-bond donors (Lipinski definition) is 1. The summed E-state index contributed by atoms with van der Waals surface area (Å²) in [7, 11) is 1.68. The fraction of sp³-hybridized carbons (Fsp3) is 0.500. The summed E-state index contributed by atoms with van der Waals surface area (Å²) in [4.78, 5) is 19.0. The number of para-hydroxylation sites is 1. The maximum absolute atomic E-state index is 11.8. The molecule has 5 heteroatoms. The maximum Gasteiger partial charge on any atom is 0.223 e. The molecular formula is C20H25N3O2. The van der Waals surface area contributed by atoms with Crippen LogP contribution >= 0.6 is 0 Å². The molecule has 1 aliphatic heterocycles. The van der Waals surface area contributed by atoms with Crippen molar-refractivity contribution >= 4 is 16.8 Å². The highest BCUT2D eigenvalue weighted by Gasteiger charge is 2.30. The molecule has 1 atom stereocenters. The van der Waals surface area contributed by atoms with Crippen molar-refractivity contribution in [1.29, 1.82) is 0 Å². The van der Waals surface area contributed by atoms with Crippen molar-refractivity contribution in [3.8, 4) is 5.75 Å². The molecule has 5 nitrogen and oxygen atoms in total. The van der Waals surface area contributed by atoms with E-state index in [1.807, 2.05) is 12.1 Å². The first-order valence-electron chi connectivity index (χ1n) is 9.15. The number of fused-ring (bicyclic) bond motifs is 1. The van der Waals surface area contributed by atoms with Gasteiger partial charge in [0.25, 0.3) is 0 Å². The first-order valence-corrected chi connectivity index (χ1v) is 9.15. The number of methoxy groups -OCH3 is 1. The number of pyridine rings is 1. The summed E-state index contributed by atoms with van der Waals surface area (Å²) in [5.74, 6) is 1.93. The van der Waals surface area contributed by atoms with E-state index in [1.54, 1.807) is 7.11 Å². The van der Waals surface area contributed by atoms with Crippen LogP contribution in [-0.4, -0.2) is 42.5 Å². The second kappa shape index (κ2) is 7.00. The molecule has 132 valence electrons. The molecular weight excluding hydrogens is 314 g/mol. The molecule has 1 saturated carbocycles. The van der Waals surface area contributed by atoms with Gasteiger partial charge >= 0.3 is 0 Å². The zero-order valence-electron chi connectivity index (χ0n) is 14.7. The van der Waals surface area contributed by atoms with Crippen molar-refractivity contribution < 1.29 is 9.53 Å². The second-order valence-corrected chi connectivity index (χ2v) is 7.24. The second-order valence-electron chi connectivity index (χ2n) is 7.24. The molecule has 0 unspecified atom stereocenters. The monoisotopic (exact) mass is 339 g/mol. The highest BCUT2D eigenvalue weighted by atomic mass is 16.5.